The van der Waals surface area contributed by atoms with Gasteiger partial charge in [0.1, 0.15) is 19.8 Å². The van der Waals surface area contributed by atoms with Gasteiger partial charge in [0.25, 0.3) is 0 Å². The normalized spacial score (nSPS) is 14.4. The molecule has 0 bridgehead atoms. The van der Waals surface area contributed by atoms with Gasteiger partial charge in [0.05, 0.1) is 27.7 Å². The number of carbonyl (C=O) groups excluding carboxylic acids is 2. The number of phosphoric acid groups is 1. The monoisotopic (exact) mass is 833 g/mol. The van der Waals surface area contributed by atoms with Gasteiger partial charge in [0, 0.05) is 12.8 Å². The van der Waals surface area contributed by atoms with E-state index in [0.29, 0.717) is 23.9 Å². The minimum absolute atomic E-state index is 0.0178. The first kappa shape index (κ1) is 55.2. The van der Waals surface area contributed by atoms with E-state index in [0.717, 1.165) is 89.9 Å². The number of quaternary nitrogens is 1. The maximum atomic E-state index is 12.7. The third-order valence-corrected chi connectivity index (χ3v) is 9.89. The van der Waals surface area contributed by atoms with Crippen molar-refractivity contribution in [3.63, 3.8) is 0 Å². The topological polar surface area (TPSA) is 108 Å². The van der Waals surface area contributed by atoms with E-state index in [1.165, 1.54) is 25.7 Å². The number of hydrogen-bond donors (Lipinski definition) is 1. The summed E-state index contributed by atoms with van der Waals surface area (Å²) < 4.78 is 34.3. The van der Waals surface area contributed by atoms with Crippen LogP contribution in [0.25, 0.3) is 0 Å². The molecule has 0 aliphatic heterocycles. The van der Waals surface area contributed by atoms with E-state index in [4.69, 9.17) is 18.5 Å². The van der Waals surface area contributed by atoms with Crippen molar-refractivity contribution in [2.45, 2.75) is 161 Å². The van der Waals surface area contributed by atoms with Crippen molar-refractivity contribution in [1.29, 1.82) is 0 Å². The van der Waals surface area contributed by atoms with Crippen molar-refractivity contribution < 1.29 is 42.1 Å². The molecule has 1 N–H and O–H groups in total. The fraction of sp³-hybridized carbons (Fsp3) is 0.667. The zero-order chi connectivity index (χ0) is 42.8. The first-order chi connectivity index (χ1) is 28.0. The summed E-state index contributed by atoms with van der Waals surface area (Å²) in [6.45, 7) is 4.20. The second kappa shape index (κ2) is 39.6. The van der Waals surface area contributed by atoms with Gasteiger partial charge in [-0.1, -0.05) is 137 Å². The van der Waals surface area contributed by atoms with Gasteiger partial charge in [-0.15, -0.1) is 0 Å². The van der Waals surface area contributed by atoms with Crippen LogP contribution in [0, 0.1) is 0 Å². The lowest BCUT2D eigenvalue weighted by molar-refractivity contribution is -0.870. The maximum Gasteiger partial charge on any atom is 0.472 e. The number of ether oxygens (including phenoxy) is 2. The fourth-order valence-electron chi connectivity index (χ4n) is 5.42. The number of allylic oxidation sites excluding steroid dienone is 14. The van der Waals surface area contributed by atoms with Gasteiger partial charge in [-0.25, -0.2) is 4.57 Å². The summed E-state index contributed by atoms with van der Waals surface area (Å²) in [7, 11) is 1.43. The molecule has 0 aromatic heterocycles. The van der Waals surface area contributed by atoms with Crippen molar-refractivity contribution in [1.82, 2.24) is 0 Å². The molecule has 0 aliphatic carbocycles. The number of nitrogens with zero attached hydrogens (tertiary/aromatic N) is 1. The number of unbranched alkanes of at least 4 members (excludes halogenated alkanes) is 11. The minimum Gasteiger partial charge on any atom is -0.462 e. The third-order valence-electron chi connectivity index (χ3n) is 8.91. The van der Waals surface area contributed by atoms with Crippen LogP contribution in [0.15, 0.2) is 85.1 Å². The Labute approximate surface area is 354 Å². The average molecular weight is 833 g/mol. The van der Waals surface area contributed by atoms with Gasteiger partial charge >= 0.3 is 19.8 Å². The molecule has 0 aliphatic rings. The lowest BCUT2D eigenvalue weighted by Crippen LogP contribution is -2.37. The van der Waals surface area contributed by atoms with Crippen molar-refractivity contribution in [2.75, 3.05) is 47.5 Å². The number of rotatable bonds is 39. The Morgan fingerprint density at radius 3 is 1.48 bits per heavy atom. The van der Waals surface area contributed by atoms with E-state index in [1.54, 1.807) is 0 Å². The fourth-order valence-corrected chi connectivity index (χ4v) is 6.16. The molecule has 0 fully saturated rings. The van der Waals surface area contributed by atoms with E-state index < -0.39 is 32.5 Å². The molecular formula is C48H83NO8P+. The minimum atomic E-state index is -4.39. The zero-order valence-corrected chi connectivity index (χ0v) is 38.1. The van der Waals surface area contributed by atoms with E-state index >= 15 is 0 Å². The van der Waals surface area contributed by atoms with Crippen LogP contribution >= 0.6 is 7.82 Å². The molecule has 0 saturated heterocycles. The van der Waals surface area contributed by atoms with Gasteiger partial charge in [0.2, 0.25) is 0 Å². The van der Waals surface area contributed by atoms with Crippen molar-refractivity contribution >= 4 is 19.8 Å². The van der Waals surface area contributed by atoms with Crippen molar-refractivity contribution in [3.05, 3.63) is 85.1 Å². The van der Waals surface area contributed by atoms with Crippen LogP contribution in [0.1, 0.15) is 155 Å². The molecule has 9 nitrogen and oxygen atoms in total. The zero-order valence-electron chi connectivity index (χ0n) is 37.2. The molecular weight excluding hydrogens is 750 g/mol. The standard InChI is InChI=1S/C48H82NO8P/c1-6-8-10-12-14-16-18-20-22-23-24-25-27-28-30-32-34-36-38-40-47(50)54-44-46(45-56-58(52,53)55-43-42-49(3,4)5)57-48(51)41-39-37-35-33-31-29-26-21-19-17-15-13-11-9-7-2/h9,11,14-17,20-22,24-26,28,30,46H,6-8,10,12-13,18-19,23,27,29,31-45H2,1-5H3/p+1/b11-9+,16-14+,17-15+,22-20+,25-24+,26-21+,30-28+/t46-/m1/s1. The van der Waals surface area contributed by atoms with E-state index in [9.17, 15) is 19.0 Å². The number of likely N-dealkylation sites (N-methyl/N-ethyl adjacent to an activating group) is 1. The molecule has 0 rings (SSSR count). The number of esters is 2. The molecule has 0 aromatic carbocycles. The average Bonchev–Trinajstić information content (AvgIpc) is 3.17. The first-order valence-electron chi connectivity index (χ1n) is 22.3. The number of hydrogen-bond acceptors (Lipinski definition) is 7. The molecule has 10 heteroatoms. The quantitative estimate of drug-likeness (QED) is 0.0214. The van der Waals surface area contributed by atoms with Crippen LogP contribution in [-0.2, 0) is 32.7 Å². The van der Waals surface area contributed by atoms with Crippen LogP contribution in [-0.4, -0.2) is 74.9 Å². The van der Waals surface area contributed by atoms with Crippen molar-refractivity contribution in [3.8, 4) is 0 Å². The number of carbonyl (C=O) groups is 2. The molecule has 58 heavy (non-hydrogen) atoms. The molecule has 0 radical (unpaired) electrons. The summed E-state index contributed by atoms with van der Waals surface area (Å²) in [4.78, 5) is 35.4. The Bertz CT molecular complexity index is 1260. The summed E-state index contributed by atoms with van der Waals surface area (Å²) in [6, 6.07) is 0. The number of phosphoric ester groups is 1. The summed E-state index contributed by atoms with van der Waals surface area (Å²) in [5.41, 5.74) is 0. The first-order valence-corrected chi connectivity index (χ1v) is 23.8. The van der Waals surface area contributed by atoms with Crippen LogP contribution in [0.2, 0.25) is 0 Å². The Morgan fingerprint density at radius 2 is 0.983 bits per heavy atom. The highest BCUT2D eigenvalue weighted by molar-refractivity contribution is 7.47. The maximum absolute atomic E-state index is 12.7. The van der Waals surface area contributed by atoms with Gasteiger partial charge in [-0.3, -0.25) is 18.6 Å². The second-order valence-corrected chi connectivity index (χ2v) is 17.1. The molecule has 332 valence electrons. The Balaban J connectivity index is 4.45. The lowest BCUT2D eigenvalue weighted by Gasteiger charge is -2.24. The smallest absolute Gasteiger partial charge is 0.462 e. The SMILES string of the molecule is CC/C=C/C/C=C/C/C=C/CCCCCCCC(=O)O[C@H](COC(=O)CCCCC/C=C/C/C=C/C/C=C/C/C=C/CCCCC)COP(=O)(O)OCC[N+](C)(C)C. The second-order valence-electron chi connectivity index (χ2n) is 15.7. The Kier molecular flexibility index (Phi) is 37.7. The lowest BCUT2D eigenvalue weighted by atomic mass is 10.1. The summed E-state index contributed by atoms with van der Waals surface area (Å²) in [6.07, 6.45) is 50.6. The molecule has 0 spiro atoms. The van der Waals surface area contributed by atoms with Gasteiger partial charge in [-0.2, -0.15) is 0 Å². The highest BCUT2D eigenvalue weighted by Crippen LogP contribution is 2.43. The molecule has 2 atom stereocenters. The molecule has 1 unspecified atom stereocenters. The molecule has 0 aromatic rings. The molecule has 0 saturated carbocycles. The van der Waals surface area contributed by atoms with E-state index in [2.05, 4.69) is 98.9 Å². The van der Waals surface area contributed by atoms with E-state index in [1.807, 2.05) is 21.1 Å². The van der Waals surface area contributed by atoms with Crippen molar-refractivity contribution in [2.24, 2.45) is 0 Å². The summed E-state index contributed by atoms with van der Waals surface area (Å²) >= 11 is 0. The predicted molar refractivity (Wildman–Crippen MR) is 242 cm³/mol. The van der Waals surface area contributed by atoms with Crippen LogP contribution < -0.4 is 0 Å². The van der Waals surface area contributed by atoms with Gasteiger partial charge in [0.15, 0.2) is 6.10 Å². The Hall–Kier alpha value is -2.81. The van der Waals surface area contributed by atoms with Crippen LogP contribution in [0.5, 0.6) is 0 Å². The highest BCUT2D eigenvalue weighted by Gasteiger charge is 2.27. The van der Waals surface area contributed by atoms with Crippen LogP contribution in [0.4, 0.5) is 0 Å². The van der Waals surface area contributed by atoms with Gasteiger partial charge < -0.3 is 18.9 Å². The summed E-state index contributed by atoms with van der Waals surface area (Å²) in [5.74, 6) is -0.863. The van der Waals surface area contributed by atoms with E-state index in [-0.39, 0.29) is 26.1 Å². The highest BCUT2D eigenvalue weighted by atomic mass is 31.2. The molecule has 0 amide bonds. The largest absolute Gasteiger partial charge is 0.472 e. The predicted octanol–water partition coefficient (Wildman–Crippen LogP) is 12.8. The van der Waals surface area contributed by atoms with Gasteiger partial charge in [-0.05, 0) is 89.9 Å². The summed E-state index contributed by atoms with van der Waals surface area (Å²) in [5, 5.41) is 0. The van der Waals surface area contributed by atoms with Crippen LogP contribution in [0.3, 0.4) is 0 Å². The third kappa shape index (κ3) is 42.8. The molecule has 0 heterocycles. The Morgan fingerprint density at radius 1 is 0.552 bits per heavy atom.